The van der Waals surface area contributed by atoms with Crippen LogP contribution in [0.1, 0.15) is 63.1 Å². The van der Waals surface area contributed by atoms with Gasteiger partial charge in [0.25, 0.3) is 0 Å². The van der Waals surface area contributed by atoms with Crippen molar-refractivity contribution in [1.29, 1.82) is 0 Å². The van der Waals surface area contributed by atoms with Gasteiger partial charge in [0.05, 0.1) is 15.9 Å². The summed E-state index contributed by atoms with van der Waals surface area (Å²) in [7, 11) is -8.32. The Labute approximate surface area is 283 Å². The van der Waals surface area contributed by atoms with Crippen LogP contribution in [0, 0.1) is 11.6 Å². The van der Waals surface area contributed by atoms with Crippen molar-refractivity contribution in [2.75, 3.05) is 12.3 Å². The molecule has 0 fully saturated rings. The summed E-state index contributed by atoms with van der Waals surface area (Å²) in [5, 5.41) is 2.43. The highest BCUT2D eigenvalue weighted by atomic mass is 32.2. The second-order valence-corrected chi connectivity index (χ2v) is 16.0. The third kappa shape index (κ3) is 12.0. The molecule has 0 aromatic heterocycles. The molecule has 0 spiro atoms. The van der Waals surface area contributed by atoms with Crippen LogP contribution in [-0.4, -0.2) is 58.5 Å². The van der Waals surface area contributed by atoms with E-state index >= 15 is 0 Å². The smallest absolute Gasteiger partial charge is 0.325 e. The molecule has 3 aromatic rings. The first-order valence-electron chi connectivity index (χ1n) is 16.3. The van der Waals surface area contributed by atoms with Crippen molar-refractivity contribution < 1.29 is 35.1 Å². The van der Waals surface area contributed by atoms with Gasteiger partial charge in [-0.2, -0.15) is 4.72 Å². The Bertz CT molecular complexity index is 1670. The van der Waals surface area contributed by atoms with Crippen molar-refractivity contribution in [3.63, 3.8) is 0 Å². The predicted molar refractivity (Wildman–Crippen MR) is 183 cm³/mol. The molecule has 0 aliphatic carbocycles. The Hall–Kier alpha value is -3.23. The summed E-state index contributed by atoms with van der Waals surface area (Å²) in [5.74, 6) is -3.55. The maximum Gasteiger partial charge on any atom is 0.325 e. The molecule has 0 saturated heterocycles. The number of sulfone groups is 1. The van der Waals surface area contributed by atoms with Gasteiger partial charge in [-0.05, 0) is 66.6 Å². The van der Waals surface area contributed by atoms with Gasteiger partial charge in [0.1, 0.15) is 23.8 Å². The number of benzene rings is 3. The molecule has 13 heteroatoms. The number of esters is 1. The lowest BCUT2D eigenvalue weighted by atomic mass is 10.0. The van der Waals surface area contributed by atoms with Crippen LogP contribution in [0.4, 0.5) is 8.78 Å². The zero-order valence-electron chi connectivity index (χ0n) is 27.7. The molecule has 0 radical (unpaired) electrons. The highest BCUT2D eigenvalue weighted by Crippen LogP contribution is 2.19. The van der Waals surface area contributed by atoms with Gasteiger partial charge in [-0.25, -0.2) is 25.6 Å². The average molecular weight is 708 g/mol. The molecule has 0 amide bonds. The molecule has 9 nitrogen and oxygen atoms in total. The maximum atomic E-state index is 14.0. The number of hydrogen-bond donors (Lipinski definition) is 3. The molecule has 3 rings (SSSR count). The van der Waals surface area contributed by atoms with E-state index in [4.69, 9.17) is 10.5 Å². The molecule has 0 aliphatic heterocycles. The SMILES string of the molecule is CCCC(CCC)S(=O)(=O)CC(NS(=O)(=O)c1ccccc1)C(=O)O[C@H](CNCc1cccc(CC)c1)[C@@H](N)Cc1cc(F)cc(F)c1. The van der Waals surface area contributed by atoms with E-state index < -0.39 is 66.7 Å². The van der Waals surface area contributed by atoms with Crippen molar-refractivity contribution in [2.45, 2.75) is 94.2 Å². The first kappa shape index (κ1) is 39.2. The number of aryl methyl sites for hydroxylation is 1. The fourth-order valence-electron chi connectivity index (χ4n) is 5.48. The summed E-state index contributed by atoms with van der Waals surface area (Å²) in [5.41, 5.74) is 8.78. The number of ether oxygens (including phenoxy) is 1. The number of halogens is 2. The van der Waals surface area contributed by atoms with Gasteiger partial charge in [0.15, 0.2) is 9.84 Å². The van der Waals surface area contributed by atoms with Gasteiger partial charge in [0.2, 0.25) is 10.0 Å². The molecule has 0 heterocycles. The normalized spacial score (nSPS) is 14.1. The third-order valence-corrected chi connectivity index (χ3v) is 11.7. The molecule has 0 aliphatic rings. The first-order chi connectivity index (χ1) is 22.8. The Morgan fingerprint density at radius 3 is 2.06 bits per heavy atom. The predicted octanol–water partition coefficient (Wildman–Crippen LogP) is 4.83. The third-order valence-electron chi connectivity index (χ3n) is 7.98. The summed E-state index contributed by atoms with van der Waals surface area (Å²) >= 11 is 0. The van der Waals surface area contributed by atoms with Crippen LogP contribution in [-0.2, 0) is 48.8 Å². The van der Waals surface area contributed by atoms with Crippen LogP contribution in [0.3, 0.4) is 0 Å². The Kier molecular flexibility index (Phi) is 15.1. The van der Waals surface area contributed by atoms with E-state index in [0.717, 1.165) is 35.7 Å². The summed E-state index contributed by atoms with van der Waals surface area (Å²) in [6.07, 6.45) is 1.48. The zero-order chi connectivity index (χ0) is 35.3. The lowest BCUT2D eigenvalue weighted by Crippen LogP contribution is -2.52. The zero-order valence-corrected chi connectivity index (χ0v) is 29.3. The molecule has 4 N–H and O–H groups in total. The highest BCUT2D eigenvalue weighted by molar-refractivity contribution is 7.92. The summed E-state index contributed by atoms with van der Waals surface area (Å²) in [6.45, 7) is 6.09. The molecular formula is C35H47F2N3O6S2. The van der Waals surface area contributed by atoms with Crippen molar-refractivity contribution in [1.82, 2.24) is 10.0 Å². The number of sulfonamides is 1. The van der Waals surface area contributed by atoms with Gasteiger partial charge in [-0.1, -0.05) is 76.1 Å². The number of rotatable bonds is 20. The van der Waals surface area contributed by atoms with E-state index in [1.807, 2.05) is 45.0 Å². The van der Waals surface area contributed by atoms with E-state index in [2.05, 4.69) is 10.0 Å². The van der Waals surface area contributed by atoms with E-state index in [-0.39, 0.29) is 23.4 Å². The monoisotopic (exact) mass is 707 g/mol. The van der Waals surface area contributed by atoms with Gasteiger partial charge in [-0.15, -0.1) is 0 Å². The van der Waals surface area contributed by atoms with E-state index in [9.17, 15) is 30.4 Å². The fraction of sp³-hybridized carbons (Fsp3) is 0.457. The van der Waals surface area contributed by atoms with Crippen LogP contribution in [0.2, 0.25) is 0 Å². The van der Waals surface area contributed by atoms with Crippen LogP contribution in [0.25, 0.3) is 0 Å². The topological polar surface area (TPSA) is 145 Å². The second kappa shape index (κ2) is 18.5. The van der Waals surface area contributed by atoms with Gasteiger partial charge < -0.3 is 15.8 Å². The standard InChI is InChI=1S/C35H47F2N3O6S2/c1-4-11-30(12-5-2)47(42,43)24-33(40-48(44,45)31-15-8-7-9-16-31)35(41)46-34(23-39-22-26-14-10-13-25(6-3)17-26)32(38)20-27-18-28(36)21-29(37)19-27/h7-10,13-19,21,30,32-34,39-40H,4-6,11-12,20,22-24,38H2,1-3H3/t32-,33?,34+/m0/s1. The number of carbonyl (C=O) groups is 1. The molecule has 48 heavy (non-hydrogen) atoms. The number of nitrogens with two attached hydrogens (primary N) is 1. The molecule has 1 unspecified atom stereocenters. The first-order valence-corrected chi connectivity index (χ1v) is 19.5. The summed E-state index contributed by atoms with van der Waals surface area (Å²) in [6, 6.07) is 15.3. The second-order valence-electron chi connectivity index (χ2n) is 11.9. The minimum absolute atomic E-state index is 0.0136. The van der Waals surface area contributed by atoms with E-state index in [0.29, 0.717) is 32.2 Å². The number of nitrogens with one attached hydrogen (secondary N) is 2. The number of hydrogen-bond acceptors (Lipinski definition) is 8. The fourth-order valence-corrected chi connectivity index (χ4v) is 8.94. The Balaban J connectivity index is 1.92. The molecule has 3 atom stereocenters. The molecule has 0 saturated carbocycles. The van der Waals surface area contributed by atoms with Crippen LogP contribution >= 0.6 is 0 Å². The van der Waals surface area contributed by atoms with Crippen molar-refractivity contribution in [3.05, 3.63) is 101 Å². The van der Waals surface area contributed by atoms with Gasteiger partial charge in [0, 0.05) is 25.2 Å². The molecule has 264 valence electrons. The largest absolute Gasteiger partial charge is 0.458 e. The van der Waals surface area contributed by atoms with Crippen LogP contribution in [0.15, 0.2) is 77.7 Å². The maximum absolute atomic E-state index is 14.0. The minimum atomic E-state index is -4.35. The molecule has 3 aromatic carbocycles. The van der Waals surface area contributed by atoms with E-state index in [1.54, 1.807) is 6.07 Å². The van der Waals surface area contributed by atoms with Crippen molar-refractivity contribution in [3.8, 4) is 0 Å². The molecule has 0 bridgehead atoms. The van der Waals surface area contributed by atoms with Gasteiger partial charge >= 0.3 is 5.97 Å². The number of carbonyl (C=O) groups excluding carboxylic acids is 1. The Morgan fingerprint density at radius 1 is 0.833 bits per heavy atom. The lowest BCUT2D eigenvalue weighted by Gasteiger charge is -2.28. The van der Waals surface area contributed by atoms with Crippen LogP contribution in [0.5, 0.6) is 0 Å². The average Bonchev–Trinajstić information content (AvgIpc) is 3.03. The van der Waals surface area contributed by atoms with Gasteiger partial charge in [-0.3, -0.25) is 4.79 Å². The Morgan fingerprint density at radius 2 is 1.46 bits per heavy atom. The van der Waals surface area contributed by atoms with Crippen LogP contribution < -0.4 is 15.8 Å². The quantitative estimate of drug-likeness (QED) is 0.142. The molecular weight excluding hydrogens is 661 g/mol. The summed E-state index contributed by atoms with van der Waals surface area (Å²) in [4.78, 5) is 13.7. The highest BCUT2D eigenvalue weighted by Gasteiger charge is 2.37. The minimum Gasteiger partial charge on any atom is -0.458 e. The summed E-state index contributed by atoms with van der Waals surface area (Å²) < 4.78 is 89.9. The van der Waals surface area contributed by atoms with Crippen molar-refractivity contribution in [2.24, 2.45) is 5.73 Å². The van der Waals surface area contributed by atoms with E-state index in [1.165, 1.54) is 24.3 Å². The van der Waals surface area contributed by atoms with Crippen molar-refractivity contribution >= 4 is 25.8 Å². The lowest BCUT2D eigenvalue weighted by molar-refractivity contribution is -0.151.